The van der Waals surface area contributed by atoms with E-state index in [4.69, 9.17) is 0 Å². The van der Waals surface area contributed by atoms with Gasteiger partial charge in [-0.25, -0.2) is 27.4 Å². The SMILES string of the molecule is CCCCCCCCCCCC[n+]1ccn(CC)c1.CCCCCCCCCCCC[n+]1ccn(CC)c1.CCCCCCCCCCCC[n+]1ccn(CC)c1.[Br-].[Br-].[Br-]. The highest BCUT2D eigenvalue weighted by atomic mass is 79.9. The Morgan fingerprint density at radius 2 is 0.450 bits per heavy atom. The molecule has 0 bridgehead atoms. The van der Waals surface area contributed by atoms with Gasteiger partial charge in [-0.05, 0) is 59.3 Å². The molecule has 0 spiro atoms. The van der Waals surface area contributed by atoms with E-state index in [0.29, 0.717) is 0 Å². The van der Waals surface area contributed by atoms with Crippen molar-refractivity contribution in [3.63, 3.8) is 0 Å². The van der Waals surface area contributed by atoms with Crippen molar-refractivity contribution in [2.45, 2.75) is 273 Å². The molecular formula is C51H99Br3N6. The summed E-state index contributed by atoms with van der Waals surface area (Å²) in [5.74, 6) is 0. The van der Waals surface area contributed by atoms with Gasteiger partial charge in [0.15, 0.2) is 0 Å². The van der Waals surface area contributed by atoms with Crippen molar-refractivity contribution in [3.8, 4) is 0 Å². The monoisotopic (exact) mass is 1030 g/mol. The molecule has 0 radical (unpaired) electrons. The number of imidazole rings is 3. The maximum atomic E-state index is 2.31. The van der Waals surface area contributed by atoms with Crippen LogP contribution < -0.4 is 64.6 Å². The Kier molecular flexibility index (Phi) is 51.8. The first-order chi connectivity index (χ1) is 28.1. The van der Waals surface area contributed by atoms with Gasteiger partial charge < -0.3 is 50.9 Å². The molecule has 9 heteroatoms. The molecule has 3 aromatic heterocycles. The standard InChI is InChI=1S/3C17H33N2.3BrH/c3*1-3-5-6-7-8-9-10-11-12-13-14-19-16-15-18(4-2)17-19;;;/h3*15-17H,3-14H2,1-2H3;3*1H/q3*+1;;;/p-3. The summed E-state index contributed by atoms with van der Waals surface area (Å²) in [5.41, 5.74) is 0. The lowest BCUT2D eigenvalue weighted by atomic mass is 10.1. The normalized spacial score (nSPS) is 10.5. The van der Waals surface area contributed by atoms with Crippen molar-refractivity contribution in [2.75, 3.05) is 0 Å². The van der Waals surface area contributed by atoms with Gasteiger partial charge in [0, 0.05) is 0 Å². The Morgan fingerprint density at radius 3 is 0.617 bits per heavy atom. The van der Waals surface area contributed by atoms with Gasteiger partial charge in [0.05, 0.1) is 39.3 Å². The van der Waals surface area contributed by atoms with Gasteiger partial charge in [-0.1, -0.05) is 175 Å². The number of hydrogen-bond acceptors (Lipinski definition) is 0. The van der Waals surface area contributed by atoms with Crippen molar-refractivity contribution < 1.29 is 64.6 Å². The average molecular weight is 1040 g/mol. The molecule has 0 saturated carbocycles. The number of unbranched alkanes of at least 4 members (excludes halogenated alkanes) is 27. The summed E-state index contributed by atoms with van der Waals surface area (Å²) < 4.78 is 13.6. The summed E-state index contributed by atoms with van der Waals surface area (Å²) in [4.78, 5) is 0. The van der Waals surface area contributed by atoms with Gasteiger partial charge in [0.25, 0.3) is 0 Å². The van der Waals surface area contributed by atoms with Gasteiger partial charge in [-0.15, -0.1) is 0 Å². The van der Waals surface area contributed by atoms with Crippen molar-refractivity contribution in [2.24, 2.45) is 0 Å². The fourth-order valence-electron chi connectivity index (χ4n) is 7.62. The van der Waals surface area contributed by atoms with E-state index in [1.54, 1.807) is 0 Å². The van der Waals surface area contributed by atoms with E-state index in [9.17, 15) is 0 Å². The second-order valence-electron chi connectivity index (χ2n) is 17.0. The van der Waals surface area contributed by atoms with Crippen LogP contribution in [-0.4, -0.2) is 13.7 Å². The molecule has 0 unspecified atom stereocenters. The Labute approximate surface area is 405 Å². The highest BCUT2D eigenvalue weighted by molar-refractivity contribution is 4.66. The molecule has 0 aliphatic carbocycles. The lowest BCUT2D eigenvalue weighted by molar-refractivity contribution is -0.697. The zero-order valence-corrected chi connectivity index (χ0v) is 45.2. The average Bonchev–Trinajstić information content (AvgIpc) is 4.02. The van der Waals surface area contributed by atoms with E-state index < -0.39 is 0 Å². The molecule has 0 aliphatic heterocycles. The smallest absolute Gasteiger partial charge is 0.243 e. The molecule has 354 valence electrons. The van der Waals surface area contributed by atoms with E-state index in [0.717, 1.165) is 19.6 Å². The third-order valence-corrected chi connectivity index (χ3v) is 11.6. The lowest BCUT2D eigenvalue weighted by Gasteiger charge is -2.01. The number of aromatic nitrogens is 6. The number of hydrogen-bond donors (Lipinski definition) is 0. The van der Waals surface area contributed by atoms with Gasteiger partial charge in [0.2, 0.25) is 19.0 Å². The number of rotatable bonds is 36. The summed E-state index contributed by atoms with van der Waals surface area (Å²) in [6.07, 6.45) is 62.2. The first-order valence-electron chi connectivity index (χ1n) is 25.2. The van der Waals surface area contributed by atoms with E-state index in [1.165, 1.54) is 212 Å². The lowest BCUT2D eigenvalue weighted by Crippen LogP contribution is -3.00. The molecule has 0 N–H and O–H groups in total. The Morgan fingerprint density at radius 1 is 0.267 bits per heavy atom. The molecular weight excluding hydrogens is 936 g/mol. The van der Waals surface area contributed by atoms with Crippen LogP contribution in [0.3, 0.4) is 0 Å². The van der Waals surface area contributed by atoms with Crippen LogP contribution in [0, 0.1) is 0 Å². The van der Waals surface area contributed by atoms with Gasteiger partial charge in [0.1, 0.15) is 37.2 Å². The van der Waals surface area contributed by atoms with Crippen LogP contribution in [0.1, 0.15) is 234 Å². The van der Waals surface area contributed by atoms with Crippen LogP contribution in [0.15, 0.2) is 56.2 Å². The minimum Gasteiger partial charge on any atom is -1.00 e. The van der Waals surface area contributed by atoms with Crippen LogP contribution >= 0.6 is 0 Å². The topological polar surface area (TPSA) is 26.4 Å². The highest BCUT2D eigenvalue weighted by Gasteiger charge is 2.03. The Bertz CT molecular complexity index is 1080. The third-order valence-electron chi connectivity index (χ3n) is 11.6. The van der Waals surface area contributed by atoms with Crippen molar-refractivity contribution in [1.82, 2.24) is 13.7 Å². The first-order valence-corrected chi connectivity index (χ1v) is 25.2. The van der Waals surface area contributed by atoms with Crippen molar-refractivity contribution in [1.29, 1.82) is 0 Å². The predicted molar refractivity (Wildman–Crippen MR) is 246 cm³/mol. The van der Waals surface area contributed by atoms with Gasteiger partial charge in [-0.2, -0.15) is 0 Å². The molecule has 0 atom stereocenters. The summed E-state index contributed by atoms with van der Waals surface area (Å²) in [6, 6.07) is 0. The quantitative estimate of drug-likeness (QED) is 0.0570. The minimum absolute atomic E-state index is 0. The molecule has 3 aromatic rings. The molecule has 0 aromatic carbocycles. The summed E-state index contributed by atoms with van der Waals surface area (Å²) >= 11 is 0. The molecule has 3 heterocycles. The van der Waals surface area contributed by atoms with E-state index in [2.05, 4.69) is 125 Å². The van der Waals surface area contributed by atoms with Gasteiger partial charge >= 0.3 is 0 Å². The molecule has 3 rings (SSSR count). The van der Waals surface area contributed by atoms with Crippen LogP contribution in [0.5, 0.6) is 0 Å². The van der Waals surface area contributed by atoms with E-state index in [-0.39, 0.29) is 50.9 Å². The highest BCUT2D eigenvalue weighted by Crippen LogP contribution is 2.12. The van der Waals surface area contributed by atoms with Crippen LogP contribution in [0.2, 0.25) is 0 Å². The molecule has 0 saturated heterocycles. The molecule has 0 fully saturated rings. The van der Waals surface area contributed by atoms with Gasteiger partial charge in [-0.3, -0.25) is 0 Å². The fourth-order valence-corrected chi connectivity index (χ4v) is 7.62. The van der Waals surface area contributed by atoms with E-state index >= 15 is 0 Å². The van der Waals surface area contributed by atoms with E-state index in [1.807, 2.05) is 0 Å². The first kappa shape index (κ1) is 63.4. The van der Waals surface area contributed by atoms with Crippen LogP contribution in [0.4, 0.5) is 0 Å². The van der Waals surface area contributed by atoms with Crippen molar-refractivity contribution in [3.05, 3.63) is 56.2 Å². The predicted octanol–water partition coefficient (Wildman–Crippen LogP) is 5.16. The second-order valence-corrected chi connectivity index (χ2v) is 17.0. The largest absolute Gasteiger partial charge is 1.00 e. The maximum Gasteiger partial charge on any atom is 0.243 e. The maximum absolute atomic E-state index is 2.31. The number of halogens is 3. The Balaban J connectivity index is -0.000000792. The number of aryl methyl sites for hydroxylation is 6. The van der Waals surface area contributed by atoms with Crippen LogP contribution in [0.25, 0.3) is 0 Å². The van der Waals surface area contributed by atoms with Crippen LogP contribution in [-0.2, 0) is 39.3 Å². The fraction of sp³-hybridized carbons (Fsp3) is 0.824. The number of nitrogens with zero attached hydrogens (tertiary/aromatic N) is 6. The third kappa shape index (κ3) is 38.7. The summed E-state index contributed by atoms with van der Waals surface area (Å²) in [5, 5.41) is 0. The summed E-state index contributed by atoms with van der Waals surface area (Å²) in [7, 11) is 0. The Hall–Kier alpha value is -0.930. The summed E-state index contributed by atoms with van der Waals surface area (Å²) in [6.45, 7) is 20.2. The zero-order valence-electron chi connectivity index (χ0n) is 40.5. The second kappa shape index (κ2) is 49.1. The van der Waals surface area contributed by atoms with Crippen molar-refractivity contribution >= 4 is 0 Å². The zero-order chi connectivity index (χ0) is 41.3. The molecule has 60 heavy (non-hydrogen) atoms. The molecule has 0 amide bonds. The molecule has 6 nitrogen and oxygen atoms in total. The minimum atomic E-state index is 0. The molecule has 0 aliphatic rings.